The summed E-state index contributed by atoms with van der Waals surface area (Å²) in [7, 11) is 0. The molecule has 0 radical (unpaired) electrons. The minimum Gasteiger partial charge on any atom is -0.488 e. The number of nitrogens with two attached hydrogens (primary N) is 1. The largest absolute Gasteiger partial charge is 0.488 e. The monoisotopic (exact) mass is 255 g/mol. The van der Waals surface area contributed by atoms with E-state index in [4.69, 9.17) is 10.6 Å². The Balaban J connectivity index is 1.88. The van der Waals surface area contributed by atoms with Crippen molar-refractivity contribution in [2.24, 2.45) is 5.84 Å². The second-order valence-electron chi connectivity index (χ2n) is 4.84. The molecular formula is C15H17N3O. The third kappa shape index (κ3) is 2.20. The molecule has 0 spiro atoms. The standard InChI is InChI=1S/C15H17N3O/c1-10-6-7-17-9-12(10)15(18-16)14-8-11-4-2-3-5-13(11)19-14/h2-7,9,14-15,18H,8,16H2,1H3. The molecule has 2 unspecified atom stereocenters. The number of para-hydroxylation sites is 1. The van der Waals surface area contributed by atoms with E-state index in [-0.39, 0.29) is 12.1 Å². The van der Waals surface area contributed by atoms with Crippen molar-refractivity contribution in [2.45, 2.75) is 25.5 Å². The second-order valence-corrected chi connectivity index (χ2v) is 4.84. The van der Waals surface area contributed by atoms with Crippen LogP contribution in [0.2, 0.25) is 0 Å². The van der Waals surface area contributed by atoms with Crippen LogP contribution in [0.25, 0.3) is 0 Å². The van der Waals surface area contributed by atoms with Crippen molar-refractivity contribution in [3.05, 3.63) is 59.4 Å². The molecule has 3 N–H and O–H groups in total. The normalized spacial score (nSPS) is 18.7. The minimum atomic E-state index is -0.0545. The average Bonchev–Trinajstić information content (AvgIpc) is 2.85. The van der Waals surface area contributed by atoms with Gasteiger partial charge in [0.2, 0.25) is 0 Å². The molecular weight excluding hydrogens is 238 g/mol. The van der Waals surface area contributed by atoms with Gasteiger partial charge in [-0.25, -0.2) is 5.43 Å². The van der Waals surface area contributed by atoms with Crippen LogP contribution in [-0.2, 0) is 6.42 Å². The van der Waals surface area contributed by atoms with Crippen LogP contribution in [0.4, 0.5) is 0 Å². The molecule has 2 atom stereocenters. The quantitative estimate of drug-likeness (QED) is 0.649. The first kappa shape index (κ1) is 12.1. The zero-order valence-electron chi connectivity index (χ0n) is 10.8. The van der Waals surface area contributed by atoms with Gasteiger partial charge < -0.3 is 4.74 Å². The third-order valence-corrected chi connectivity index (χ3v) is 3.64. The number of fused-ring (bicyclic) bond motifs is 1. The second kappa shape index (κ2) is 4.99. The molecule has 1 aliphatic rings. The number of hydrogen-bond acceptors (Lipinski definition) is 4. The number of benzene rings is 1. The number of rotatable bonds is 3. The summed E-state index contributed by atoms with van der Waals surface area (Å²) in [5.41, 5.74) is 6.35. The van der Waals surface area contributed by atoms with E-state index in [1.165, 1.54) is 5.56 Å². The van der Waals surface area contributed by atoms with E-state index in [1.807, 2.05) is 30.5 Å². The fourth-order valence-corrected chi connectivity index (χ4v) is 2.59. The van der Waals surface area contributed by atoms with Crippen LogP contribution >= 0.6 is 0 Å². The molecule has 0 saturated carbocycles. The lowest BCUT2D eigenvalue weighted by Crippen LogP contribution is -2.39. The van der Waals surface area contributed by atoms with Crippen molar-refractivity contribution in [1.29, 1.82) is 0 Å². The Bertz CT molecular complexity index is 560. The van der Waals surface area contributed by atoms with Gasteiger partial charge >= 0.3 is 0 Å². The summed E-state index contributed by atoms with van der Waals surface area (Å²) in [4.78, 5) is 4.18. The summed E-state index contributed by atoms with van der Waals surface area (Å²) in [5, 5.41) is 0. The fraction of sp³-hybridized carbons (Fsp3) is 0.267. The predicted octanol–water partition coefficient (Wildman–Crippen LogP) is 1.90. The Kier molecular flexibility index (Phi) is 3.19. The van der Waals surface area contributed by atoms with Crippen molar-refractivity contribution >= 4 is 0 Å². The lowest BCUT2D eigenvalue weighted by atomic mass is 9.96. The van der Waals surface area contributed by atoms with E-state index in [0.717, 1.165) is 23.3 Å². The van der Waals surface area contributed by atoms with Crippen LogP contribution in [0.3, 0.4) is 0 Å². The number of aromatic nitrogens is 1. The Morgan fingerprint density at radius 1 is 1.37 bits per heavy atom. The summed E-state index contributed by atoms with van der Waals surface area (Å²) in [6, 6.07) is 10.0. The molecule has 98 valence electrons. The van der Waals surface area contributed by atoms with Crippen LogP contribution in [0.5, 0.6) is 5.75 Å². The highest BCUT2D eigenvalue weighted by Crippen LogP contribution is 2.34. The third-order valence-electron chi connectivity index (χ3n) is 3.64. The highest BCUT2D eigenvalue weighted by atomic mass is 16.5. The van der Waals surface area contributed by atoms with Crippen LogP contribution in [0.15, 0.2) is 42.7 Å². The SMILES string of the molecule is Cc1ccncc1C(NN)C1Cc2ccccc2O1. The number of hydrogen-bond donors (Lipinski definition) is 2. The average molecular weight is 255 g/mol. The molecule has 4 heteroatoms. The smallest absolute Gasteiger partial charge is 0.124 e. The number of hydrazine groups is 1. The lowest BCUT2D eigenvalue weighted by molar-refractivity contribution is 0.178. The fourth-order valence-electron chi connectivity index (χ4n) is 2.59. The zero-order chi connectivity index (χ0) is 13.2. The molecule has 0 bridgehead atoms. The van der Waals surface area contributed by atoms with E-state index in [9.17, 15) is 0 Å². The Hall–Kier alpha value is -1.91. The molecule has 2 heterocycles. The lowest BCUT2D eigenvalue weighted by Gasteiger charge is -2.24. The first-order valence-electron chi connectivity index (χ1n) is 6.41. The maximum Gasteiger partial charge on any atom is 0.124 e. The first-order chi connectivity index (χ1) is 9.29. The summed E-state index contributed by atoms with van der Waals surface area (Å²) < 4.78 is 6.00. The van der Waals surface area contributed by atoms with Gasteiger partial charge in [-0.1, -0.05) is 18.2 Å². The van der Waals surface area contributed by atoms with Gasteiger partial charge in [-0.15, -0.1) is 0 Å². The molecule has 2 aromatic rings. The van der Waals surface area contributed by atoms with Gasteiger partial charge in [0.25, 0.3) is 0 Å². The number of aryl methyl sites for hydroxylation is 1. The van der Waals surface area contributed by atoms with E-state index < -0.39 is 0 Å². The summed E-state index contributed by atoms with van der Waals surface area (Å²) in [6.45, 7) is 2.06. The van der Waals surface area contributed by atoms with Crippen molar-refractivity contribution in [2.75, 3.05) is 0 Å². The maximum absolute atomic E-state index is 6.00. The van der Waals surface area contributed by atoms with Crippen LogP contribution < -0.4 is 16.0 Å². The van der Waals surface area contributed by atoms with Crippen molar-refractivity contribution in [1.82, 2.24) is 10.4 Å². The molecule has 0 aliphatic carbocycles. The molecule has 1 aliphatic heterocycles. The molecule has 3 rings (SSSR count). The predicted molar refractivity (Wildman–Crippen MR) is 73.6 cm³/mol. The highest BCUT2D eigenvalue weighted by Gasteiger charge is 2.31. The number of nitrogens with one attached hydrogen (secondary N) is 1. The van der Waals surface area contributed by atoms with Crippen molar-refractivity contribution in [3.8, 4) is 5.75 Å². The van der Waals surface area contributed by atoms with Crippen LogP contribution in [0.1, 0.15) is 22.7 Å². The van der Waals surface area contributed by atoms with Gasteiger partial charge in [-0.2, -0.15) is 0 Å². The van der Waals surface area contributed by atoms with E-state index in [2.05, 4.69) is 23.4 Å². The molecule has 19 heavy (non-hydrogen) atoms. The minimum absolute atomic E-state index is 0.00491. The molecule has 0 saturated heterocycles. The van der Waals surface area contributed by atoms with E-state index >= 15 is 0 Å². The maximum atomic E-state index is 6.00. The van der Waals surface area contributed by atoms with E-state index in [1.54, 1.807) is 6.20 Å². The highest BCUT2D eigenvalue weighted by molar-refractivity contribution is 5.39. The summed E-state index contributed by atoms with van der Waals surface area (Å²) in [6.07, 6.45) is 4.51. The van der Waals surface area contributed by atoms with Gasteiger partial charge in [0.1, 0.15) is 11.9 Å². The molecule has 1 aromatic carbocycles. The van der Waals surface area contributed by atoms with E-state index in [0.29, 0.717) is 0 Å². The van der Waals surface area contributed by atoms with Crippen LogP contribution in [-0.4, -0.2) is 11.1 Å². The first-order valence-corrected chi connectivity index (χ1v) is 6.41. The number of pyridine rings is 1. The molecule has 0 amide bonds. The van der Waals surface area contributed by atoms with Crippen molar-refractivity contribution < 1.29 is 4.74 Å². The Morgan fingerprint density at radius 3 is 2.95 bits per heavy atom. The van der Waals surface area contributed by atoms with Crippen LogP contribution in [0, 0.1) is 6.92 Å². The van der Waals surface area contributed by atoms with Gasteiger partial charge in [0, 0.05) is 18.8 Å². The van der Waals surface area contributed by atoms with Crippen molar-refractivity contribution in [3.63, 3.8) is 0 Å². The summed E-state index contributed by atoms with van der Waals surface area (Å²) >= 11 is 0. The Morgan fingerprint density at radius 2 is 2.21 bits per heavy atom. The van der Waals surface area contributed by atoms with Gasteiger partial charge in [-0.05, 0) is 35.7 Å². The zero-order valence-corrected chi connectivity index (χ0v) is 10.8. The summed E-state index contributed by atoms with van der Waals surface area (Å²) in [5.74, 6) is 6.68. The molecule has 0 fully saturated rings. The number of nitrogens with zero attached hydrogens (tertiary/aromatic N) is 1. The molecule has 4 nitrogen and oxygen atoms in total. The molecule has 1 aromatic heterocycles. The Labute approximate surface area is 112 Å². The number of ether oxygens (including phenoxy) is 1. The topological polar surface area (TPSA) is 60.2 Å². The van der Waals surface area contributed by atoms with Gasteiger partial charge in [0.05, 0.1) is 6.04 Å². The van der Waals surface area contributed by atoms with Gasteiger partial charge in [0.15, 0.2) is 0 Å². The van der Waals surface area contributed by atoms with Gasteiger partial charge in [-0.3, -0.25) is 10.8 Å².